The van der Waals surface area contributed by atoms with Crippen LogP contribution in [0.1, 0.15) is 34.1 Å². The van der Waals surface area contributed by atoms with E-state index in [-0.39, 0.29) is 35.8 Å². The van der Waals surface area contributed by atoms with E-state index in [0.717, 1.165) is 38.8 Å². The van der Waals surface area contributed by atoms with E-state index in [4.69, 9.17) is 9.73 Å². The van der Waals surface area contributed by atoms with E-state index in [1.807, 2.05) is 13.8 Å². The molecule has 1 fully saturated rings. The van der Waals surface area contributed by atoms with Crippen molar-refractivity contribution in [2.45, 2.75) is 46.2 Å². The molecule has 0 aliphatic carbocycles. The summed E-state index contributed by atoms with van der Waals surface area (Å²) in [6, 6.07) is 0.430. The van der Waals surface area contributed by atoms with E-state index >= 15 is 0 Å². The number of rotatable bonds is 9. The van der Waals surface area contributed by atoms with Crippen LogP contribution in [0.5, 0.6) is 0 Å². The third-order valence-electron chi connectivity index (χ3n) is 4.37. The number of hydrogen-bond donors (Lipinski definition) is 2. The zero-order chi connectivity index (χ0) is 18.9. The average Bonchev–Trinajstić information content (AvgIpc) is 2.53. The summed E-state index contributed by atoms with van der Waals surface area (Å²) >= 11 is 0. The highest BCUT2D eigenvalue weighted by atomic mass is 127. The number of hydrogen-bond acceptors (Lipinski definition) is 5. The Morgan fingerprint density at radius 1 is 1.23 bits per heavy atom. The van der Waals surface area contributed by atoms with Gasteiger partial charge in [0.2, 0.25) is 0 Å². The summed E-state index contributed by atoms with van der Waals surface area (Å²) in [7, 11) is -2.94. The van der Waals surface area contributed by atoms with Gasteiger partial charge in [-0.2, -0.15) is 0 Å². The van der Waals surface area contributed by atoms with E-state index in [2.05, 4.69) is 29.4 Å². The Balaban J connectivity index is 0.00000625. The number of halogens is 1. The first-order valence-corrected chi connectivity index (χ1v) is 11.3. The topological polar surface area (TPSA) is 83.0 Å². The minimum absolute atomic E-state index is 0. The van der Waals surface area contributed by atoms with Crippen molar-refractivity contribution in [2.24, 2.45) is 10.9 Å². The Hall–Kier alpha value is -0.130. The van der Waals surface area contributed by atoms with Gasteiger partial charge in [-0.05, 0) is 26.2 Å². The van der Waals surface area contributed by atoms with Gasteiger partial charge in [0.05, 0.1) is 25.5 Å². The van der Waals surface area contributed by atoms with Crippen LogP contribution in [0.3, 0.4) is 0 Å². The maximum atomic E-state index is 11.3. The molecular formula is C17H37IN4O3S. The van der Waals surface area contributed by atoms with Crippen molar-refractivity contribution >= 4 is 39.8 Å². The van der Waals surface area contributed by atoms with Gasteiger partial charge in [-0.1, -0.05) is 13.8 Å². The Morgan fingerprint density at radius 2 is 1.85 bits per heavy atom. The van der Waals surface area contributed by atoms with Crippen LogP contribution in [0.4, 0.5) is 0 Å². The Kier molecular flexibility index (Phi) is 13.0. The minimum Gasteiger partial charge on any atom is -0.379 e. The molecule has 2 atom stereocenters. The molecule has 0 amide bonds. The lowest BCUT2D eigenvalue weighted by Crippen LogP contribution is -2.48. The number of ether oxygens (including phenoxy) is 1. The highest BCUT2D eigenvalue weighted by Crippen LogP contribution is 2.13. The second kappa shape index (κ2) is 13.1. The number of aliphatic imine (C=N–C) groups is 1. The fourth-order valence-corrected chi connectivity index (χ4v) is 3.64. The molecular weight excluding hydrogens is 467 g/mol. The average molecular weight is 504 g/mol. The van der Waals surface area contributed by atoms with E-state index in [1.54, 1.807) is 0 Å². The molecule has 1 aliphatic rings. The van der Waals surface area contributed by atoms with Gasteiger partial charge in [-0.15, -0.1) is 24.0 Å². The van der Waals surface area contributed by atoms with Crippen LogP contribution >= 0.6 is 24.0 Å². The van der Waals surface area contributed by atoms with Crippen molar-refractivity contribution < 1.29 is 13.2 Å². The third-order valence-corrected chi connectivity index (χ3v) is 5.35. The fraction of sp³-hybridized carbons (Fsp3) is 0.941. The van der Waals surface area contributed by atoms with Gasteiger partial charge in [-0.3, -0.25) is 9.89 Å². The van der Waals surface area contributed by atoms with Gasteiger partial charge in [-0.25, -0.2) is 8.42 Å². The van der Waals surface area contributed by atoms with Gasteiger partial charge in [0, 0.05) is 38.0 Å². The summed E-state index contributed by atoms with van der Waals surface area (Å²) < 4.78 is 28.1. The lowest BCUT2D eigenvalue weighted by molar-refractivity contribution is 0.00867. The van der Waals surface area contributed by atoms with Gasteiger partial charge < -0.3 is 15.4 Å². The molecule has 1 saturated heterocycles. The maximum Gasteiger partial charge on any atom is 0.191 e. The molecule has 2 N–H and O–H groups in total. The second-order valence-electron chi connectivity index (χ2n) is 7.14. The number of morpholine rings is 1. The van der Waals surface area contributed by atoms with Crippen molar-refractivity contribution in [3.8, 4) is 0 Å². The maximum absolute atomic E-state index is 11.3. The highest BCUT2D eigenvalue weighted by Gasteiger charge is 2.23. The predicted molar refractivity (Wildman–Crippen MR) is 119 cm³/mol. The van der Waals surface area contributed by atoms with Gasteiger partial charge in [0.1, 0.15) is 9.84 Å². The molecule has 1 aliphatic heterocycles. The zero-order valence-electron chi connectivity index (χ0n) is 16.8. The Morgan fingerprint density at radius 3 is 2.35 bits per heavy atom. The monoisotopic (exact) mass is 504 g/mol. The van der Waals surface area contributed by atoms with E-state index in [9.17, 15) is 8.42 Å². The lowest BCUT2D eigenvalue weighted by atomic mass is 10.0. The number of sulfone groups is 1. The first-order chi connectivity index (χ1) is 11.7. The molecule has 0 aromatic rings. The van der Waals surface area contributed by atoms with Crippen molar-refractivity contribution in [2.75, 3.05) is 51.4 Å². The quantitative estimate of drug-likeness (QED) is 0.280. The van der Waals surface area contributed by atoms with Crippen LogP contribution in [0, 0.1) is 5.92 Å². The normalized spacial score (nSPS) is 18.9. The first kappa shape index (κ1) is 25.9. The Bertz CT molecular complexity index is 508. The van der Waals surface area contributed by atoms with Crippen LogP contribution < -0.4 is 10.6 Å². The van der Waals surface area contributed by atoms with Crippen LogP contribution in [0.25, 0.3) is 0 Å². The SMILES string of the molecule is CCNC(=NCC(C(C)C)N1CCOCC1)NC(C)CCS(C)(=O)=O.I. The molecule has 0 aromatic carbocycles. The summed E-state index contributed by atoms with van der Waals surface area (Å²) in [4.78, 5) is 7.21. The zero-order valence-corrected chi connectivity index (χ0v) is 20.0. The van der Waals surface area contributed by atoms with Crippen LogP contribution in [-0.4, -0.2) is 82.8 Å². The van der Waals surface area contributed by atoms with Crippen LogP contribution in [-0.2, 0) is 14.6 Å². The summed E-state index contributed by atoms with van der Waals surface area (Å²) in [5.74, 6) is 1.44. The summed E-state index contributed by atoms with van der Waals surface area (Å²) in [6.07, 6.45) is 1.84. The molecule has 0 saturated carbocycles. The molecule has 156 valence electrons. The molecule has 1 heterocycles. The largest absolute Gasteiger partial charge is 0.379 e. The van der Waals surface area contributed by atoms with E-state index < -0.39 is 9.84 Å². The van der Waals surface area contributed by atoms with Crippen molar-refractivity contribution in [1.82, 2.24) is 15.5 Å². The predicted octanol–water partition coefficient (Wildman–Crippen LogP) is 1.34. The molecule has 0 bridgehead atoms. The lowest BCUT2D eigenvalue weighted by Gasteiger charge is -2.36. The number of guanidine groups is 1. The van der Waals surface area contributed by atoms with Crippen molar-refractivity contribution in [3.63, 3.8) is 0 Å². The molecule has 7 nitrogen and oxygen atoms in total. The van der Waals surface area contributed by atoms with Crippen LogP contribution in [0.15, 0.2) is 4.99 Å². The van der Waals surface area contributed by atoms with Gasteiger partial charge >= 0.3 is 0 Å². The molecule has 26 heavy (non-hydrogen) atoms. The number of nitrogens with one attached hydrogen (secondary N) is 2. The van der Waals surface area contributed by atoms with Gasteiger partial charge in [0.15, 0.2) is 5.96 Å². The molecule has 9 heteroatoms. The minimum atomic E-state index is -2.94. The smallest absolute Gasteiger partial charge is 0.191 e. The summed E-state index contributed by atoms with van der Waals surface area (Å²) in [5, 5.41) is 6.57. The summed E-state index contributed by atoms with van der Waals surface area (Å²) in [6.45, 7) is 13.4. The highest BCUT2D eigenvalue weighted by molar-refractivity contribution is 14.0. The summed E-state index contributed by atoms with van der Waals surface area (Å²) in [5.41, 5.74) is 0. The number of nitrogens with zero attached hydrogens (tertiary/aromatic N) is 2. The van der Waals surface area contributed by atoms with Crippen LogP contribution in [0.2, 0.25) is 0 Å². The molecule has 1 rings (SSSR count). The second-order valence-corrected chi connectivity index (χ2v) is 9.40. The molecule has 0 spiro atoms. The third kappa shape index (κ3) is 10.9. The molecule has 2 unspecified atom stereocenters. The Labute approximate surface area is 176 Å². The molecule has 0 aromatic heterocycles. The first-order valence-electron chi connectivity index (χ1n) is 9.27. The fourth-order valence-electron chi connectivity index (χ4n) is 2.86. The molecule has 0 radical (unpaired) electrons. The van der Waals surface area contributed by atoms with Crippen molar-refractivity contribution in [1.29, 1.82) is 0 Å². The van der Waals surface area contributed by atoms with E-state index in [0.29, 0.717) is 24.9 Å². The standard InChI is InChI=1S/C17H36N4O3S.HI/c1-6-18-17(20-15(4)7-12-25(5,22)23)19-13-16(14(2)3)21-8-10-24-11-9-21;/h14-16H,6-13H2,1-5H3,(H2,18,19,20);1H. The van der Waals surface area contributed by atoms with Gasteiger partial charge in [0.25, 0.3) is 0 Å². The van der Waals surface area contributed by atoms with Crippen molar-refractivity contribution in [3.05, 3.63) is 0 Å². The van der Waals surface area contributed by atoms with E-state index in [1.165, 1.54) is 6.26 Å².